The molecule has 0 amide bonds. The molecule has 1 atom stereocenters. The standard InChI is InChI=1S/C64H120O6/c1-4-7-10-13-16-19-22-25-27-29-30-31-32-33-34-35-37-39-42-45-48-51-54-57-63(66)69-60-61(59-68-62(65)56-53-50-47-44-41-38-24-21-18-15-12-9-6-3)70-64(67)58-55-52-49-46-43-40-36-28-26-23-20-17-14-11-8-5-2/h21,24,28,36,61H,4-20,22-23,25-27,29-35,37-60H2,1-3H3/b24-21-,36-28-. The zero-order valence-electron chi connectivity index (χ0n) is 47.3. The topological polar surface area (TPSA) is 78.9 Å². The number of carbonyl (C=O) groups is 3. The van der Waals surface area contributed by atoms with Crippen LogP contribution in [0.25, 0.3) is 0 Å². The van der Waals surface area contributed by atoms with E-state index in [9.17, 15) is 14.4 Å². The number of unbranched alkanes of at least 4 members (excludes halogenated alkanes) is 43. The van der Waals surface area contributed by atoms with Crippen molar-refractivity contribution in [2.45, 2.75) is 354 Å². The Morgan fingerprint density at radius 3 is 0.729 bits per heavy atom. The van der Waals surface area contributed by atoms with Gasteiger partial charge in [0.05, 0.1) is 0 Å². The SMILES string of the molecule is CCCCCC/C=C\CCCCCCCC(=O)OCC(COC(=O)CCCCCCCCCCCCCCCCCCCCCCCCC)OC(=O)CCCCCCC/C=C\CCCCCCCCC. The molecule has 0 bridgehead atoms. The molecule has 0 aromatic heterocycles. The van der Waals surface area contributed by atoms with Crippen LogP contribution in [-0.2, 0) is 28.6 Å². The Labute approximate surface area is 436 Å². The molecule has 0 saturated heterocycles. The van der Waals surface area contributed by atoms with Gasteiger partial charge in [-0.25, -0.2) is 0 Å². The van der Waals surface area contributed by atoms with Gasteiger partial charge in [0.25, 0.3) is 0 Å². The van der Waals surface area contributed by atoms with Crippen molar-refractivity contribution in [3.05, 3.63) is 24.3 Å². The van der Waals surface area contributed by atoms with Crippen molar-refractivity contribution >= 4 is 17.9 Å². The molecule has 0 radical (unpaired) electrons. The van der Waals surface area contributed by atoms with Gasteiger partial charge in [0.1, 0.15) is 13.2 Å². The highest BCUT2D eigenvalue weighted by atomic mass is 16.6. The lowest BCUT2D eigenvalue weighted by Crippen LogP contribution is -2.30. The number of rotatable bonds is 58. The molecule has 412 valence electrons. The van der Waals surface area contributed by atoms with Gasteiger partial charge < -0.3 is 14.2 Å². The van der Waals surface area contributed by atoms with Crippen LogP contribution in [0.2, 0.25) is 0 Å². The van der Waals surface area contributed by atoms with Crippen LogP contribution in [0.5, 0.6) is 0 Å². The van der Waals surface area contributed by atoms with Crippen LogP contribution in [-0.4, -0.2) is 37.2 Å². The maximum atomic E-state index is 12.9. The second-order valence-electron chi connectivity index (χ2n) is 21.3. The van der Waals surface area contributed by atoms with E-state index in [4.69, 9.17) is 14.2 Å². The molecular formula is C64H120O6. The van der Waals surface area contributed by atoms with Gasteiger partial charge in [-0.05, 0) is 70.6 Å². The fourth-order valence-electron chi connectivity index (χ4n) is 9.44. The summed E-state index contributed by atoms with van der Waals surface area (Å²) >= 11 is 0. The molecule has 0 spiro atoms. The molecule has 0 heterocycles. The molecule has 0 aromatic rings. The quantitative estimate of drug-likeness (QED) is 0.0261. The van der Waals surface area contributed by atoms with Crippen LogP contribution in [0.1, 0.15) is 348 Å². The summed E-state index contributed by atoms with van der Waals surface area (Å²) in [4.78, 5) is 38.2. The monoisotopic (exact) mass is 985 g/mol. The van der Waals surface area contributed by atoms with E-state index in [1.807, 2.05) is 0 Å². The Balaban J connectivity index is 4.25. The van der Waals surface area contributed by atoms with Gasteiger partial charge in [0.15, 0.2) is 6.10 Å². The van der Waals surface area contributed by atoms with Crippen molar-refractivity contribution in [1.82, 2.24) is 0 Å². The number of carbonyl (C=O) groups excluding carboxylic acids is 3. The van der Waals surface area contributed by atoms with E-state index in [-0.39, 0.29) is 31.1 Å². The highest BCUT2D eigenvalue weighted by Crippen LogP contribution is 2.17. The Morgan fingerprint density at radius 1 is 0.271 bits per heavy atom. The maximum Gasteiger partial charge on any atom is 0.306 e. The second kappa shape index (κ2) is 59.5. The van der Waals surface area contributed by atoms with Crippen molar-refractivity contribution in [3.63, 3.8) is 0 Å². The first-order valence-corrected chi connectivity index (χ1v) is 31.3. The van der Waals surface area contributed by atoms with Crippen molar-refractivity contribution in [2.24, 2.45) is 0 Å². The van der Waals surface area contributed by atoms with Crippen LogP contribution in [0.4, 0.5) is 0 Å². The first-order chi connectivity index (χ1) is 34.5. The number of allylic oxidation sites excluding steroid dienone is 4. The van der Waals surface area contributed by atoms with E-state index in [1.54, 1.807) is 0 Å². The van der Waals surface area contributed by atoms with Gasteiger partial charge in [-0.2, -0.15) is 0 Å². The van der Waals surface area contributed by atoms with Gasteiger partial charge in [-0.1, -0.05) is 283 Å². The number of hydrogen-bond acceptors (Lipinski definition) is 6. The molecule has 0 fully saturated rings. The van der Waals surface area contributed by atoms with Crippen molar-refractivity contribution in [3.8, 4) is 0 Å². The molecular weight excluding hydrogens is 865 g/mol. The second-order valence-corrected chi connectivity index (χ2v) is 21.3. The van der Waals surface area contributed by atoms with Crippen LogP contribution in [0.3, 0.4) is 0 Å². The van der Waals surface area contributed by atoms with Crippen molar-refractivity contribution in [2.75, 3.05) is 13.2 Å². The molecule has 0 rings (SSSR count). The van der Waals surface area contributed by atoms with Crippen LogP contribution >= 0.6 is 0 Å². The molecule has 0 N–H and O–H groups in total. The summed E-state index contributed by atoms with van der Waals surface area (Å²) in [6.07, 6.45) is 70.4. The fraction of sp³-hybridized carbons (Fsp3) is 0.891. The smallest absolute Gasteiger partial charge is 0.306 e. The maximum absolute atomic E-state index is 12.9. The van der Waals surface area contributed by atoms with E-state index in [0.29, 0.717) is 19.3 Å². The summed E-state index contributed by atoms with van der Waals surface area (Å²) in [5, 5.41) is 0. The summed E-state index contributed by atoms with van der Waals surface area (Å²) in [5.41, 5.74) is 0. The lowest BCUT2D eigenvalue weighted by atomic mass is 10.0. The predicted octanol–water partition coefficient (Wildman–Crippen LogP) is 21.1. The van der Waals surface area contributed by atoms with Crippen LogP contribution in [0, 0.1) is 0 Å². The lowest BCUT2D eigenvalue weighted by molar-refractivity contribution is -0.167. The van der Waals surface area contributed by atoms with Crippen molar-refractivity contribution < 1.29 is 28.6 Å². The normalized spacial score (nSPS) is 12.1. The number of hydrogen-bond donors (Lipinski definition) is 0. The minimum atomic E-state index is -0.776. The lowest BCUT2D eigenvalue weighted by Gasteiger charge is -2.18. The van der Waals surface area contributed by atoms with Gasteiger partial charge >= 0.3 is 17.9 Å². The van der Waals surface area contributed by atoms with Gasteiger partial charge in [-0.15, -0.1) is 0 Å². The van der Waals surface area contributed by atoms with Gasteiger partial charge in [0.2, 0.25) is 0 Å². The highest BCUT2D eigenvalue weighted by Gasteiger charge is 2.19. The molecule has 0 aliphatic carbocycles. The van der Waals surface area contributed by atoms with Crippen LogP contribution < -0.4 is 0 Å². The fourth-order valence-corrected chi connectivity index (χ4v) is 9.44. The van der Waals surface area contributed by atoms with E-state index < -0.39 is 6.10 Å². The summed E-state index contributed by atoms with van der Waals surface area (Å²) in [7, 11) is 0. The minimum absolute atomic E-state index is 0.0725. The Bertz CT molecular complexity index is 1130. The number of esters is 3. The zero-order valence-corrected chi connectivity index (χ0v) is 47.3. The largest absolute Gasteiger partial charge is 0.462 e. The Kier molecular flexibility index (Phi) is 57.7. The minimum Gasteiger partial charge on any atom is -0.462 e. The summed E-state index contributed by atoms with van der Waals surface area (Å²) in [6, 6.07) is 0. The predicted molar refractivity (Wildman–Crippen MR) is 303 cm³/mol. The third kappa shape index (κ3) is 56.8. The molecule has 1 unspecified atom stereocenters. The summed E-state index contributed by atoms with van der Waals surface area (Å²) in [6.45, 7) is 6.67. The molecule has 6 heteroatoms. The van der Waals surface area contributed by atoms with E-state index in [0.717, 1.165) is 70.6 Å². The molecule has 0 aliphatic heterocycles. The summed E-state index contributed by atoms with van der Waals surface area (Å²) < 4.78 is 16.9. The number of ether oxygens (including phenoxy) is 3. The molecule has 0 aromatic carbocycles. The zero-order chi connectivity index (χ0) is 50.7. The Hall–Kier alpha value is -2.11. The Morgan fingerprint density at radius 2 is 0.471 bits per heavy atom. The van der Waals surface area contributed by atoms with E-state index in [2.05, 4.69) is 45.1 Å². The first-order valence-electron chi connectivity index (χ1n) is 31.3. The molecule has 0 saturated carbocycles. The highest BCUT2D eigenvalue weighted by molar-refractivity contribution is 5.71. The average molecular weight is 986 g/mol. The third-order valence-corrected chi connectivity index (χ3v) is 14.2. The first kappa shape index (κ1) is 67.9. The molecule has 0 aliphatic rings. The molecule has 6 nitrogen and oxygen atoms in total. The van der Waals surface area contributed by atoms with E-state index >= 15 is 0 Å². The van der Waals surface area contributed by atoms with Gasteiger partial charge in [0, 0.05) is 19.3 Å². The summed E-state index contributed by atoms with van der Waals surface area (Å²) in [5.74, 6) is -0.867. The third-order valence-electron chi connectivity index (χ3n) is 14.2. The van der Waals surface area contributed by atoms with Gasteiger partial charge in [-0.3, -0.25) is 14.4 Å². The van der Waals surface area contributed by atoms with Crippen molar-refractivity contribution in [1.29, 1.82) is 0 Å². The molecule has 70 heavy (non-hydrogen) atoms. The average Bonchev–Trinajstić information content (AvgIpc) is 3.36. The van der Waals surface area contributed by atoms with E-state index in [1.165, 1.54) is 238 Å². The van der Waals surface area contributed by atoms with Crippen LogP contribution in [0.15, 0.2) is 24.3 Å².